The van der Waals surface area contributed by atoms with Crippen molar-refractivity contribution in [1.29, 1.82) is 0 Å². The maximum absolute atomic E-state index is 13.1. The van der Waals surface area contributed by atoms with E-state index in [-0.39, 0.29) is 5.91 Å². The Hall–Kier alpha value is -2.69. The number of carbonyl (C=O) groups is 1. The summed E-state index contributed by atoms with van der Waals surface area (Å²) < 4.78 is 5.90. The van der Waals surface area contributed by atoms with Crippen molar-refractivity contribution in [2.45, 2.75) is 39.7 Å². The first-order valence-electron chi connectivity index (χ1n) is 9.21. The summed E-state index contributed by atoms with van der Waals surface area (Å²) in [5.74, 6) is 2.40. The Morgan fingerprint density at radius 1 is 1.31 bits per heavy atom. The number of benzene rings is 1. The first kappa shape index (κ1) is 16.8. The highest BCUT2D eigenvalue weighted by Gasteiger charge is 2.26. The van der Waals surface area contributed by atoms with Crippen LogP contribution >= 0.6 is 0 Å². The third-order valence-electron chi connectivity index (χ3n) is 4.91. The average molecular weight is 349 g/mol. The minimum atomic E-state index is 0.0409. The Morgan fingerprint density at radius 2 is 2.19 bits per heavy atom. The van der Waals surface area contributed by atoms with Crippen LogP contribution in [0.25, 0.3) is 10.8 Å². The maximum Gasteiger partial charge on any atom is 0.254 e. The van der Waals surface area contributed by atoms with Crippen LogP contribution in [0.1, 0.15) is 48.0 Å². The summed E-state index contributed by atoms with van der Waals surface area (Å²) in [6.07, 6.45) is 6.16. The number of fused-ring (bicyclic) bond motifs is 2. The molecule has 5 heteroatoms. The van der Waals surface area contributed by atoms with Crippen molar-refractivity contribution in [2.24, 2.45) is 5.92 Å². The fourth-order valence-electron chi connectivity index (χ4n) is 3.42. The Bertz CT molecular complexity index is 940. The number of nitrogens with zero attached hydrogens (tertiary/aromatic N) is 3. The molecule has 1 aliphatic heterocycles. The lowest BCUT2D eigenvalue weighted by Gasteiger charge is -2.25. The van der Waals surface area contributed by atoms with Gasteiger partial charge < -0.3 is 9.32 Å². The quantitative estimate of drug-likeness (QED) is 0.714. The highest BCUT2D eigenvalue weighted by atomic mass is 16.4. The lowest BCUT2D eigenvalue weighted by Crippen LogP contribution is -2.35. The number of oxazole rings is 1. The second kappa shape index (κ2) is 6.90. The third kappa shape index (κ3) is 3.21. The molecule has 0 atom stereocenters. The number of pyridine rings is 1. The second-order valence-corrected chi connectivity index (χ2v) is 7.29. The average Bonchev–Trinajstić information content (AvgIpc) is 3.07. The van der Waals surface area contributed by atoms with E-state index in [9.17, 15) is 4.79 Å². The van der Waals surface area contributed by atoms with E-state index in [1.165, 1.54) is 0 Å². The predicted molar refractivity (Wildman–Crippen MR) is 99.8 cm³/mol. The molecule has 0 fully saturated rings. The van der Waals surface area contributed by atoms with Gasteiger partial charge in [0.2, 0.25) is 0 Å². The summed E-state index contributed by atoms with van der Waals surface area (Å²) in [7, 11) is 0. The van der Waals surface area contributed by atoms with Crippen molar-refractivity contribution in [3.05, 3.63) is 59.6 Å². The van der Waals surface area contributed by atoms with Crippen LogP contribution in [0.3, 0.4) is 0 Å². The molecule has 0 spiro atoms. The van der Waals surface area contributed by atoms with E-state index in [2.05, 4.69) is 23.8 Å². The van der Waals surface area contributed by atoms with Gasteiger partial charge in [-0.2, -0.15) is 0 Å². The normalized spacial score (nSPS) is 14.0. The second-order valence-electron chi connectivity index (χ2n) is 7.29. The van der Waals surface area contributed by atoms with Crippen LogP contribution in [0, 0.1) is 5.92 Å². The summed E-state index contributed by atoms with van der Waals surface area (Å²) >= 11 is 0. The van der Waals surface area contributed by atoms with Crippen LogP contribution in [-0.4, -0.2) is 27.3 Å². The van der Waals surface area contributed by atoms with E-state index in [0.717, 1.165) is 52.9 Å². The molecule has 0 aliphatic carbocycles. The molecule has 0 saturated heterocycles. The van der Waals surface area contributed by atoms with E-state index in [0.29, 0.717) is 19.0 Å². The minimum Gasteiger partial charge on any atom is -0.445 e. The van der Waals surface area contributed by atoms with Crippen LogP contribution in [0.15, 0.2) is 41.1 Å². The summed E-state index contributed by atoms with van der Waals surface area (Å²) in [5, 5.41) is 1.92. The largest absolute Gasteiger partial charge is 0.445 e. The molecule has 1 aromatic carbocycles. The number of rotatable bonds is 4. The van der Waals surface area contributed by atoms with Gasteiger partial charge in [-0.15, -0.1) is 0 Å². The SMILES string of the molecule is CC(C)CCc1nc2c(o1)CCN(C(=O)c1cccc3cnccc13)C2. The Balaban J connectivity index is 1.55. The molecule has 26 heavy (non-hydrogen) atoms. The molecule has 5 nitrogen and oxygen atoms in total. The Morgan fingerprint density at radius 3 is 3.04 bits per heavy atom. The molecule has 0 saturated carbocycles. The third-order valence-corrected chi connectivity index (χ3v) is 4.91. The van der Waals surface area contributed by atoms with Crippen LogP contribution in [-0.2, 0) is 19.4 Å². The fraction of sp³-hybridized carbons (Fsp3) is 0.381. The number of hydrogen-bond donors (Lipinski definition) is 0. The lowest BCUT2D eigenvalue weighted by atomic mass is 10.0. The van der Waals surface area contributed by atoms with Gasteiger partial charge in [-0.25, -0.2) is 4.98 Å². The monoisotopic (exact) mass is 349 g/mol. The smallest absolute Gasteiger partial charge is 0.254 e. The van der Waals surface area contributed by atoms with Crippen LogP contribution < -0.4 is 0 Å². The van der Waals surface area contributed by atoms with Gasteiger partial charge in [-0.1, -0.05) is 26.0 Å². The van der Waals surface area contributed by atoms with Crippen molar-refractivity contribution >= 4 is 16.7 Å². The van der Waals surface area contributed by atoms with Crippen molar-refractivity contribution in [3.63, 3.8) is 0 Å². The molecule has 2 aromatic heterocycles. The van der Waals surface area contributed by atoms with Gasteiger partial charge in [-0.3, -0.25) is 9.78 Å². The Labute approximate surface area is 153 Å². The molecular weight excluding hydrogens is 326 g/mol. The predicted octanol–water partition coefficient (Wildman–Crippen LogP) is 4.01. The summed E-state index contributed by atoms with van der Waals surface area (Å²) in [6.45, 7) is 5.57. The zero-order valence-electron chi connectivity index (χ0n) is 15.2. The molecule has 0 unspecified atom stereocenters. The first-order chi connectivity index (χ1) is 12.6. The maximum atomic E-state index is 13.1. The molecule has 0 radical (unpaired) electrons. The van der Waals surface area contributed by atoms with Crippen molar-refractivity contribution in [3.8, 4) is 0 Å². The standard InChI is InChI=1S/C21H23N3O2/c1-14(2)6-7-20-23-18-13-24(11-9-19(18)26-20)21(25)17-5-3-4-15-12-22-10-8-16(15)17/h3-5,8,10,12,14H,6-7,9,11,13H2,1-2H3. The van der Waals surface area contributed by atoms with Crippen molar-refractivity contribution in [1.82, 2.24) is 14.9 Å². The van der Waals surface area contributed by atoms with E-state index >= 15 is 0 Å². The molecular formula is C21H23N3O2. The minimum absolute atomic E-state index is 0.0409. The molecule has 1 aliphatic rings. The van der Waals surface area contributed by atoms with Gasteiger partial charge >= 0.3 is 0 Å². The highest BCUT2D eigenvalue weighted by molar-refractivity contribution is 6.06. The van der Waals surface area contributed by atoms with E-state index in [1.54, 1.807) is 12.4 Å². The number of amides is 1. The first-order valence-corrected chi connectivity index (χ1v) is 9.21. The zero-order valence-corrected chi connectivity index (χ0v) is 15.2. The lowest BCUT2D eigenvalue weighted by molar-refractivity contribution is 0.0730. The molecule has 4 rings (SSSR count). The van der Waals surface area contributed by atoms with Crippen LogP contribution in [0.5, 0.6) is 0 Å². The molecule has 134 valence electrons. The zero-order chi connectivity index (χ0) is 18.1. The summed E-state index contributed by atoms with van der Waals surface area (Å²) in [5.41, 5.74) is 1.63. The van der Waals surface area contributed by atoms with E-state index in [4.69, 9.17) is 4.42 Å². The van der Waals surface area contributed by atoms with Gasteiger partial charge in [0.15, 0.2) is 5.89 Å². The molecule has 3 aromatic rings. The van der Waals surface area contributed by atoms with Crippen LogP contribution in [0.2, 0.25) is 0 Å². The Kier molecular flexibility index (Phi) is 4.45. The van der Waals surface area contributed by atoms with Gasteiger partial charge in [-0.05, 0) is 29.9 Å². The summed E-state index contributed by atoms with van der Waals surface area (Å²) in [4.78, 5) is 23.7. The van der Waals surface area contributed by atoms with Gasteiger partial charge in [0.25, 0.3) is 5.91 Å². The van der Waals surface area contributed by atoms with Gasteiger partial charge in [0.1, 0.15) is 11.5 Å². The van der Waals surface area contributed by atoms with Crippen LogP contribution in [0.4, 0.5) is 0 Å². The number of aromatic nitrogens is 2. The van der Waals surface area contributed by atoms with Gasteiger partial charge in [0.05, 0.1) is 6.54 Å². The number of carbonyl (C=O) groups excluding carboxylic acids is 1. The van der Waals surface area contributed by atoms with E-state index < -0.39 is 0 Å². The highest BCUT2D eigenvalue weighted by Crippen LogP contribution is 2.25. The fourth-order valence-corrected chi connectivity index (χ4v) is 3.42. The molecule has 0 bridgehead atoms. The topological polar surface area (TPSA) is 59.2 Å². The van der Waals surface area contributed by atoms with E-state index in [1.807, 2.05) is 29.2 Å². The van der Waals surface area contributed by atoms with Crippen molar-refractivity contribution in [2.75, 3.05) is 6.54 Å². The molecule has 1 amide bonds. The van der Waals surface area contributed by atoms with Gasteiger partial charge in [0, 0.05) is 42.7 Å². The molecule has 0 N–H and O–H groups in total. The molecule has 3 heterocycles. The van der Waals surface area contributed by atoms with Crippen molar-refractivity contribution < 1.29 is 9.21 Å². The summed E-state index contributed by atoms with van der Waals surface area (Å²) in [6, 6.07) is 7.67. The number of hydrogen-bond acceptors (Lipinski definition) is 4. The number of aryl methyl sites for hydroxylation is 1.